The molecule has 5 rings (SSSR count). The summed E-state index contributed by atoms with van der Waals surface area (Å²) in [4.78, 5) is 13.2. The maximum Gasteiger partial charge on any atom is 0.253 e. The number of hydrogen-bond acceptors (Lipinski definition) is 9. The van der Waals surface area contributed by atoms with Crippen LogP contribution < -0.4 is 4.74 Å². The minimum atomic E-state index is -0.298. The van der Waals surface area contributed by atoms with E-state index < -0.39 is 0 Å². The van der Waals surface area contributed by atoms with Gasteiger partial charge in [0.05, 0.1) is 37.5 Å². The van der Waals surface area contributed by atoms with Crippen molar-refractivity contribution < 1.29 is 18.7 Å². The minimum absolute atomic E-state index is 0.113. The van der Waals surface area contributed by atoms with Gasteiger partial charge in [-0.2, -0.15) is 5.10 Å². The van der Waals surface area contributed by atoms with Gasteiger partial charge in [0.2, 0.25) is 5.16 Å². The predicted molar refractivity (Wildman–Crippen MR) is 120 cm³/mol. The molecule has 1 aromatic carbocycles. The highest BCUT2D eigenvalue weighted by molar-refractivity contribution is 7.99. The molecule has 0 aliphatic carbocycles. The van der Waals surface area contributed by atoms with Crippen LogP contribution in [0.15, 0.2) is 57.3 Å². The van der Waals surface area contributed by atoms with E-state index in [9.17, 15) is 4.79 Å². The largest absolute Gasteiger partial charge is 0.497 e. The van der Waals surface area contributed by atoms with Gasteiger partial charge >= 0.3 is 0 Å². The van der Waals surface area contributed by atoms with Crippen molar-refractivity contribution in [3.8, 4) is 5.75 Å². The third-order valence-electron chi connectivity index (χ3n) is 5.69. The third kappa shape index (κ3) is 4.79. The van der Waals surface area contributed by atoms with E-state index in [1.807, 2.05) is 36.4 Å². The van der Waals surface area contributed by atoms with Crippen LogP contribution in [-0.2, 0) is 16.1 Å². The number of nitrogens with zero attached hydrogens (tertiary/aromatic N) is 6. The summed E-state index contributed by atoms with van der Waals surface area (Å²) in [6.45, 7) is 1.35. The smallest absolute Gasteiger partial charge is 0.253 e. The molecule has 0 saturated carbocycles. The van der Waals surface area contributed by atoms with Crippen molar-refractivity contribution in [2.45, 2.75) is 43.1 Å². The van der Waals surface area contributed by atoms with Crippen molar-refractivity contribution in [3.05, 3.63) is 54.0 Å². The molecule has 3 aromatic rings. The van der Waals surface area contributed by atoms with Gasteiger partial charge < -0.3 is 13.9 Å². The number of benzene rings is 1. The van der Waals surface area contributed by atoms with E-state index in [1.54, 1.807) is 18.1 Å². The summed E-state index contributed by atoms with van der Waals surface area (Å²) in [6, 6.07) is 11.0. The number of aromatic nitrogens is 4. The first kappa shape index (κ1) is 21.7. The predicted octanol–water partition coefficient (Wildman–Crippen LogP) is 2.92. The quantitative estimate of drug-likeness (QED) is 0.465. The number of rotatable bonds is 8. The second kappa shape index (κ2) is 9.75. The molecule has 2 aliphatic heterocycles. The number of ether oxygens (including phenoxy) is 2. The summed E-state index contributed by atoms with van der Waals surface area (Å²) >= 11 is 1.30. The molecule has 2 aliphatic rings. The molecular weight excluding hydrogens is 444 g/mol. The molecule has 1 saturated heterocycles. The van der Waals surface area contributed by atoms with Crippen LogP contribution in [0.1, 0.15) is 36.6 Å². The Labute approximate surface area is 194 Å². The summed E-state index contributed by atoms with van der Waals surface area (Å²) < 4.78 is 18.2. The zero-order valence-electron chi connectivity index (χ0n) is 18.2. The van der Waals surface area contributed by atoms with Crippen LogP contribution in [0.3, 0.4) is 0 Å². The van der Waals surface area contributed by atoms with Crippen LogP contribution in [0.25, 0.3) is 0 Å². The van der Waals surface area contributed by atoms with Gasteiger partial charge in [-0.3, -0.25) is 4.79 Å². The lowest BCUT2D eigenvalue weighted by Crippen LogP contribution is -2.28. The van der Waals surface area contributed by atoms with Crippen LogP contribution in [0.4, 0.5) is 0 Å². The van der Waals surface area contributed by atoms with Gasteiger partial charge in [0.1, 0.15) is 17.6 Å². The summed E-state index contributed by atoms with van der Waals surface area (Å²) in [5.74, 6) is 1.48. The topological polar surface area (TPSA) is 108 Å². The number of hydrazone groups is 1. The molecule has 33 heavy (non-hydrogen) atoms. The fraction of sp³-hybridized carbons (Fsp3) is 0.409. The Balaban J connectivity index is 1.30. The molecule has 0 unspecified atom stereocenters. The van der Waals surface area contributed by atoms with Gasteiger partial charge in [0.25, 0.3) is 5.91 Å². The van der Waals surface area contributed by atoms with E-state index in [2.05, 4.69) is 20.6 Å². The molecular formula is C22H24N6O4S. The van der Waals surface area contributed by atoms with Crippen LogP contribution in [0.2, 0.25) is 0 Å². The van der Waals surface area contributed by atoms with Crippen molar-refractivity contribution in [1.82, 2.24) is 25.2 Å². The molecule has 1 amide bonds. The third-order valence-corrected chi connectivity index (χ3v) is 6.63. The van der Waals surface area contributed by atoms with Gasteiger partial charge in [-0.1, -0.05) is 11.8 Å². The van der Waals surface area contributed by atoms with Crippen LogP contribution in [0.5, 0.6) is 5.75 Å². The average molecular weight is 469 g/mol. The van der Waals surface area contributed by atoms with Crippen LogP contribution in [-0.4, -0.2) is 62.4 Å². The Morgan fingerprint density at radius 1 is 1.27 bits per heavy atom. The number of tetrazole rings is 1. The number of carbonyl (C=O) groups excluding carboxylic acids is 1. The minimum Gasteiger partial charge on any atom is -0.497 e. The standard InChI is InChI=1S/C22H24N6O4S/c1-30-16-8-6-15(7-9-16)18-12-19(20-5-3-11-32-20)28(24-18)21(29)14-33-22-23-25-26-27(22)13-17-4-2-10-31-17/h3,5-9,11,17,19H,2,4,10,12-14H2,1H3/t17-,19+/m1/s1. The molecule has 1 fully saturated rings. The molecule has 4 heterocycles. The van der Waals surface area contributed by atoms with E-state index in [0.29, 0.717) is 23.9 Å². The van der Waals surface area contributed by atoms with E-state index in [4.69, 9.17) is 13.9 Å². The molecule has 172 valence electrons. The first-order valence-electron chi connectivity index (χ1n) is 10.8. The summed E-state index contributed by atoms with van der Waals surface area (Å²) in [5, 5.41) is 18.7. The average Bonchev–Trinajstić information content (AvgIpc) is 3.65. The van der Waals surface area contributed by atoms with Crippen LogP contribution in [0, 0.1) is 0 Å². The van der Waals surface area contributed by atoms with E-state index in [-0.39, 0.29) is 23.8 Å². The number of methoxy groups -OCH3 is 1. The Hall–Kier alpha value is -3.18. The highest BCUT2D eigenvalue weighted by Gasteiger charge is 2.35. The molecule has 0 spiro atoms. The summed E-state index contributed by atoms with van der Waals surface area (Å²) in [6.07, 6.45) is 4.32. The van der Waals surface area contributed by atoms with E-state index in [1.165, 1.54) is 16.8 Å². The first-order valence-corrected chi connectivity index (χ1v) is 11.8. The number of amides is 1. The van der Waals surface area contributed by atoms with Gasteiger partial charge in [-0.05, 0) is 65.2 Å². The van der Waals surface area contributed by atoms with E-state index in [0.717, 1.165) is 36.5 Å². The molecule has 10 nitrogen and oxygen atoms in total. The summed E-state index contributed by atoms with van der Waals surface area (Å²) in [5.41, 5.74) is 1.76. The lowest BCUT2D eigenvalue weighted by molar-refractivity contribution is -0.130. The zero-order chi connectivity index (χ0) is 22.6. The molecule has 0 bridgehead atoms. The number of thioether (sulfide) groups is 1. The Kier molecular flexibility index (Phi) is 6.40. The molecule has 2 atom stereocenters. The molecule has 11 heteroatoms. The first-order chi connectivity index (χ1) is 16.2. The maximum absolute atomic E-state index is 13.2. The van der Waals surface area contributed by atoms with Gasteiger partial charge in [-0.15, -0.1) is 5.10 Å². The Morgan fingerprint density at radius 2 is 2.15 bits per heavy atom. The van der Waals surface area contributed by atoms with Crippen molar-refractivity contribution >= 4 is 23.4 Å². The Morgan fingerprint density at radius 3 is 2.88 bits per heavy atom. The summed E-state index contributed by atoms with van der Waals surface area (Å²) in [7, 11) is 1.63. The van der Waals surface area contributed by atoms with Crippen molar-refractivity contribution in [3.63, 3.8) is 0 Å². The number of furan rings is 1. The lowest BCUT2D eigenvalue weighted by Gasteiger charge is -2.19. The lowest BCUT2D eigenvalue weighted by atomic mass is 10.0. The van der Waals surface area contributed by atoms with Crippen molar-refractivity contribution in [2.75, 3.05) is 19.5 Å². The fourth-order valence-electron chi connectivity index (χ4n) is 3.99. The van der Waals surface area contributed by atoms with Gasteiger partial charge in [0.15, 0.2) is 0 Å². The normalized spacial score (nSPS) is 20.3. The number of carbonyl (C=O) groups is 1. The highest BCUT2D eigenvalue weighted by Crippen LogP contribution is 2.34. The van der Waals surface area contributed by atoms with Crippen molar-refractivity contribution in [1.29, 1.82) is 0 Å². The Bertz CT molecular complexity index is 1110. The fourth-order valence-corrected chi connectivity index (χ4v) is 4.73. The monoisotopic (exact) mass is 468 g/mol. The number of hydrogen-bond donors (Lipinski definition) is 0. The van der Waals surface area contributed by atoms with Gasteiger partial charge in [-0.25, -0.2) is 9.69 Å². The zero-order valence-corrected chi connectivity index (χ0v) is 19.0. The SMILES string of the molecule is COc1ccc(C2=NN(C(=O)CSc3nnnn3C[C@H]3CCCO3)[C@H](c3ccco3)C2)cc1. The second-order valence-electron chi connectivity index (χ2n) is 7.82. The highest BCUT2D eigenvalue weighted by atomic mass is 32.2. The maximum atomic E-state index is 13.2. The second-order valence-corrected chi connectivity index (χ2v) is 8.76. The molecule has 0 radical (unpaired) electrons. The van der Waals surface area contributed by atoms with Gasteiger partial charge in [0, 0.05) is 13.0 Å². The molecule has 0 N–H and O–H groups in total. The van der Waals surface area contributed by atoms with Crippen LogP contribution >= 0.6 is 11.8 Å². The van der Waals surface area contributed by atoms with Crippen molar-refractivity contribution in [2.24, 2.45) is 5.10 Å². The molecule has 2 aromatic heterocycles. The van der Waals surface area contributed by atoms with E-state index >= 15 is 0 Å².